The van der Waals surface area contributed by atoms with E-state index in [0.717, 1.165) is 23.5 Å². The van der Waals surface area contributed by atoms with Crippen LogP contribution in [0.3, 0.4) is 0 Å². The highest BCUT2D eigenvalue weighted by molar-refractivity contribution is 7.98. The Kier molecular flexibility index (Phi) is 6.33. The minimum absolute atomic E-state index is 0.0601. The quantitative estimate of drug-likeness (QED) is 0.795. The summed E-state index contributed by atoms with van der Waals surface area (Å²) in [6.45, 7) is 7.79. The van der Waals surface area contributed by atoms with Crippen LogP contribution in [-0.4, -0.2) is 72.2 Å². The van der Waals surface area contributed by atoms with Gasteiger partial charge in [0.2, 0.25) is 0 Å². The minimum atomic E-state index is 0.0601. The summed E-state index contributed by atoms with van der Waals surface area (Å²) in [5.41, 5.74) is 0.753. The summed E-state index contributed by atoms with van der Waals surface area (Å²) in [5.74, 6) is 0.0601. The summed E-state index contributed by atoms with van der Waals surface area (Å²) >= 11 is 1.58. The lowest BCUT2D eigenvalue weighted by Crippen LogP contribution is -2.54. The van der Waals surface area contributed by atoms with E-state index in [4.69, 9.17) is 0 Å². The molecule has 1 aliphatic rings. The van der Waals surface area contributed by atoms with Crippen LogP contribution in [0, 0.1) is 0 Å². The fourth-order valence-corrected chi connectivity index (χ4v) is 3.38. The SMILES string of the molecule is CCN(CC)C(=O)N1CCN(C(=O)c2ccccc2SC)CC1. The maximum atomic E-state index is 12.7. The van der Waals surface area contributed by atoms with Crippen LogP contribution in [0.4, 0.5) is 4.79 Å². The third-order valence-electron chi connectivity index (χ3n) is 4.21. The number of amides is 3. The molecule has 0 N–H and O–H groups in total. The molecule has 5 nitrogen and oxygen atoms in total. The van der Waals surface area contributed by atoms with E-state index in [2.05, 4.69) is 0 Å². The summed E-state index contributed by atoms with van der Waals surface area (Å²) in [6, 6.07) is 7.77. The maximum absolute atomic E-state index is 12.7. The van der Waals surface area contributed by atoms with E-state index in [0.29, 0.717) is 26.2 Å². The fourth-order valence-electron chi connectivity index (χ4n) is 2.79. The first-order chi connectivity index (χ1) is 11.1. The van der Waals surface area contributed by atoms with Gasteiger partial charge in [0.05, 0.1) is 5.56 Å². The van der Waals surface area contributed by atoms with Gasteiger partial charge in [-0.15, -0.1) is 11.8 Å². The Bertz CT molecular complexity index is 553. The Hall–Kier alpha value is -1.69. The molecule has 0 aliphatic carbocycles. The molecule has 3 amide bonds. The predicted octanol–water partition coefficient (Wildman–Crippen LogP) is 2.63. The Morgan fingerprint density at radius 3 is 2.17 bits per heavy atom. The maximum Gasteiger partial charge on any atom is 0.320 e. The highest BCUT2D eigenvalue weighted by Crippen LogP contribution is 2.22. The van der Waals surface area contributed by atoms with Gasteiger partial charge in [0.25, 0.3) is 5.91 Å². The molecule has 0 saturated carbocycles. The largest absolute Gasteiger partial charge is 0.335 e. The summed E-state index contributed by atoms with van der Waals surface area (Å²) < 4.78 is 0. The molecule has 1 aromatic rings. The van der Waals surface area contributed by atoms with Crippen LogP contribution in [0.2, 0.25) is 0 Å². The van der Waals surface area contributed by atoms with Crippen molar-refractivity contribution in [1.29, 1.82) is 0 Å². The summed E-state index contributed by atoms with van der Waals surface area (Å²) in [5, 5.41) is 0. The molecule has 0 radical (unpaired) electrons. The van der Waals surface area contributed by atoms with Crippen molar-refractivity contribution in [2.45, 2.75) is 18.7 Å². The van der Waals surface area contributed by atoms with Gasteiger partial charge in [-0.3, -0.25) is 4.79 Å². The molecule has 126 valence electrons. The molecule has 0 atom stereocenters. The second-order valence-electron chi connectivity index (χ2n) is 5.43. The van der Waals surface area contributed by atoms with Gasteiger partial charge in [-0.25, -0.2) is 4.79 Å². The van der Waals surface area contributed by atoms with Crippen molar-refractivity contribution in [3.05, 3.63) is 29.8 Å². The number of nitrogens with zero attached hydrogens (tertiary/aromatic N) is 3. The van der Waals surface area contributed by atoms with Crippen molar-refractivity contribution < 1.29 is 9.59 Å². The van der Waals surface area contributed by atoms with Crippen molar-refractivity contribution in [3.8, 4) is 0 Å². The van der Waals surface area contributed by atoms with Crippen molar-refractivity contribution >= 4 is 23.7 Å². The monoisotopic (exact) mass is 335 g/mol. The van der Waals surface area contributed by atoms with Crippen LogP contribution in [0.5, 0.6) is 0 Å². The van der Waals surface area contributed by atoms with Crippen LogP contribution >= 0.6 is 11.8 Å². The van der Waals surface area contributed by atoms with Gasteiger partial charge in [-0.1, -0.05) is 12.1 Å². The number of carbonyl (C=O) groups is 2. The minimum Gasteiger partial charge on any atom is -0.335 e. The van der Waals surface area contributed by atoms with Gasteiger partial charge in [0, 0.05) is 44.2 Å². The van der Waals surface area contributed by atoms with Gasteiger partial charge in [-0.05, 0) is 32.2 Å². The number of rotatable bonds is 4. The highest BCUT2D eigenvalue weighted by atomic mass is 32.2. The normalized spacial score (nSPS) is 14.7. The smallest absolute Gasteiger partial charge is 0.320 e. The highest BCUT2D eigenvalue weighted by Gasteiger charge is 2.27. The lowest BCUT2D eigenvalue weighted by molar-refractivity contribution is 0.0638. The number of hydrogen-bond donors (Lipinski definition) is 0. The van der Waals surface area contributed by atoms with Crippen LogP contribution in [0.15, 0.2) is 29.2 Å². The standard InChI is InChI=1S/C17H25N3O2S/c1-4-18(5-2)17(22)20-12-10-19(11-13-20)16(21)14-8-6-7-9-15(14)23-3/h6-9H,4-5,10-13H2,1-3H3. The second-order valence-corrected chi connectivity index (χ2v) is 6.28. The first-order valence-electron chi connectivity index (χ1n) is 8.08. The predicted molar refractivity (Wildman–Crippen MR) is 94.0 cm³/mol. The van der Waals surface area contributed by atoms with Gasteiger partial charge >= 0.3 is 6.03 Å². The molecule has 2 rings (SSSR count). The van der Waals surface area contributed by atoms with Gasteiger partial charge < -0.3 is 14.7 Å². The third kappa shape index (κ3) is 3.99. The second kappa shape index (κ2) is 8.24. The zero-order valence-corrected chi connectivity index (χ0v) is 14.9. The number of benzene rings is 1. The van der Waals surface area contributed by atoms with Crippen LogP contribution in [0.1, 0.15) is 24.2 Å². The average Bonchev–Trinajstić information content (AvgIpc) is 2.62. The van der Waals surface area contributed by atoms with Crippen LogP contribution < -0.4 is 0 Å². The number of urea groups is 1. The first-order valence-corrected chi connectivity index (χ1v) is 9.31. The molecule has 1 fully saturated rings. The van der Waals surface area contributed by atoms with Crippen molar-refractivity contribution in [3.63, 3.8) is 0 Å². The Morgan fingerprint density at radius 1 is 1.04 bits per heavy atom. The summed E-state index contributed by atoms with van der Waals surface area (Å²) in [7, 11) is 0. The van der Waals surface area contributed by atoms with E-state index in [1.165, 1.54) is 0 Å². The van der Waals surface area contributed by atoms with Crippen LogP contribution in [-0.2, 0) is 0 Å². The average molecular weight is 335 g/mol. The van der Waals surface area contributed by atoms with E-state index in [-0.39, 0.29) is 11.9 Å². The molecule has 0 unspecified atom stereocenters. The third-order valence-corrected chi connectivity index (χ3v) is 5.00. The molecule has 1 heterocycles. The molecule has 0 bridgehead atoms. The molecule has 0 spiro atoms. The molecule has 6 heteroatoms. The van der Waals surface area contributed by atoms with Crippen molar-refractivity contribution in [1.82, 2.24) is 14.7 Å². The molecule has 0 aromatic heterocycles. The van der Waals surface area contributed by atoms with Crippen LogP contribution in [0.25, 0.3) is 0 Å². The number of hydrogen-bond acceptors (Lipinski definition) is 3. The zero-order chi connectivity index (χ0) is 16.8. The van der Waals surface area contributed by atoms with E-state index >= 15 is 0 Å². The zero-order valence-electron chi connectivity index (χ0n) is 14.1. The van der Waals surface area contributed by atoms with Crippen molar-refractivity contribution in [2.24, 2.45) is 0 Å². The topological polar surface area (TPSA) is 43.9 Å². The van der Waals surface area contributed by atoms with E-state index in [9.17, 15) is 9.59 Å². The lowest BCUT2D eigenvalue weighted by atomic mass is 10.2. The lowest BCUT2D eigenvalue weighted by Gasteiger charge is -2.37. The fraction of sp³-hybridized carbons (Fsp3) is 0.529. The molecular formula is C17H25N3O2S. The molecular weight excluding hydrogens is 310 g/mol. The van der Waals surface area contributed by atoms with E-state index in [1.54, 1.807) is 11.8 Å². The van der Waals surface area contributed by atoms with E-state index in [1.807, 2.05) is 59.1 Å². The van der Waals surface area contributed by atoms with Crippen molar-refractivity contribution in [2.75, 3.05) is 45.5 Å². The summed E-state index contributed by atoms with van der Waals surface area (Å²) in [4.78, 5) is 31.6. The number of carbonyl (C=O) groups excluding carboxylic acids is 2. The number of thioether (sulfide) groups is 1. The molecule has 1 aromatic carbocycles. The Morgan fingerprint density at radius 2 is 1.61 bits per heavy atom. The van der Waals surface area contributed by atoms with Gasteiger partial charge in [0.15, 0.2) is 0 Å². The molecule has 1 aliphatic heterocycles. The van der Waals surface area contributed by atoms with E-state index < -0.39 is 0 Å². The molecule has 1 saturated heterocycles. The first kappa shape index (κ1) is 17.7. The summed E-state index contributed by atoms with van der Waals surface area (Å²) in [6.07, 6.45) is 1.98. The Labute approximate surface area is 142 Å². The number of piperazine rings is 1. The van der Waals surface area contributed by atoms with Gasteiger partial charge in [-0.2, -0.15) is 0 Å². The Balaban J connectivity index is 1.99. The van der Waals surface area contributed by atoms with Gasteiger partial charge in [0.1, 0.15) is 0 Å². The molecule has 23 heavy (non-hydrogen) atoms.